The van der Waals surface area contributed by atoms with E-state index < -0.39 is 31.3 Å². The summed E-state index contributed by atoms with van der Waals surface area (Å²) in [6.45, 7) is 0. The van der Waals surface area contributed by atoms with Gasteiger partial charge in [0.25, 0.3) is 0 Å². The molecule has 1 aliphatic heterocycles. The number of rotatable bonds is 5. The Balaban J connectivity index is 2.35. The van der Waals surface area contributed by atoms with Crippen LogP contribution in [0.25, 0.3) is 0 Å². The Hall–Kier alpha value is -1.03. The molecule has 1 heterocycles. The maximum Gasteiger partial charge on any atom is 0.244 e. The maximum atomic E-state index is 12.5. The third kappa shape index (κ3) is 3.65. The van der Waals surface area contributed by atoms with Crippen molar-refractivity contribution in [3.8, 4) is 11.5 Å². The van der Waals surface area contributed by atoms with Crippen LogP contribution in [0, 0.1) is 0 Å². The van der Waals surface area contributed by atoms with Crippen molar-refractivity contribution in [1.82, 2.24) is 4.72 Å². The van der Waals surface area contributed by atoms with Crippen molar-refractivity contribution < 1.29 is 26.3 Å². The van der Waals surface area contributed by atoms with Gasteiger partial charge in [0, 0.05) is 6.07 Å². The Morgan fingerprint density at radius 3 is 2.41 bits per heavy atom. The van der Waals surface area contributed by atoms with Crippen LogP contribution in [-0.2, 0) is 19.9 Å². The fourth-order valence-electron chi connectivity index (χ4n) is 2.17. The predicted octanol–water partition coefficient (Wildman–Crippen LogP) is 0.387. The number of benzene rings is 1. The number of ether oxygens (including phenoxy) is 2. The Bertz CT molecular complexity index is 762. The molecule has 1 N–H and O–H groups in total. The largest absolute Gasteiger partial charge is 0.497 e. The van der Waals surface area contributed by atoms with E-state index in [0.29, 0.717) is 5.75 Å². The highest BCUT2D eigenvalue weighted by Gasteiger charge is 2.39. The van der Waals surface area contributed by atoms with Crippen molar-refractivity contribution in [2.75, 3.05) is 25.7 Å². The lowest BCUT2D eigenvalue weighted by Crippen LogP contribution is -2.40. The van der Waals surface area contributed by atoms with Gasteiger partial charge in [0.2, 0.25) is 10.0 Å². The third-order valence-electron chi connectivity index (χ3n) is 3.25. The molecular weight excluding hydrogens is 354 g/mol. The van der Waals surface area contributed by atoms with E-state index in [9.17, 15) is 16.8 Å². The number of hydrogen-bond acceptors (Lipinski definition) is 6. The summed E-state index contributed by atoms with van der Waals surface area (Å²) >= 11 is 5.93. The second kappa shape index (κ2) is 6.23. The molecule has 1 aromatic carbocycles. The summed E-state index contributed by atoms with van der Waals surface area (Å²) in [6, 6.07) is 3.43. The molecule has 22 heavy (non-hydrogen) atoms. The highest BCUT2D eigenvalue weighted by Crippen LogP contribution is 2.29. The minimum absolute atomic E-state index is 0.125. The molecule has 0 spiro atoms. The minimum Gasteiger partial charge on any atom is -0.497 e. The smallest absolute Gasteiger partial charge is 0.244 e. The van der Waals surface area contributed by atoms with Gasteiger partial charge in [-0.25, -0.2) is 21.6 Å². The van der Waals surface area contributed by atoms with Crippen LogP contribution in [0.2, 0.25) is 0 Å². The minimum atomic E-state index is -4.01. The van der Waals surface area contributed by atoms with E-state index in [1.165, 1.54) is 26.4 Å². The average Bonchev–Trinajstić information content (AvgIpc) is 2.69. The van der Waals surface area contributed by atoms with E-state index in [2.05, 4.69) is 4.72 Å². The Morgan fingerprint density at radius 2 is 1.91 bits per heavy atom. The van der Waals surface area contributed by atoms with Crippen LogP contribution in [-0.4, -0.2) is 54.0 Å². The highest BCUT2D eigenvalue weighted by molar-refractivity contribution is 7.92. The lowest BCUT2D eigenvalue weighted by Gasteiger charge is -2.17. The van der Waals surface area contributed by atoms with Crippen LogP contribution in [0.1, 0.15) is 0 Å². The van der Waals surface area contributed by atoms with Gasteiger partial charge < -0.3 is 9.47 Å². The maximum absolute atomic E-state index is 12.5. The summed E-state index contributed by atoms with van der Waals surface area (Å²) < 4.78 is 60.4. The van der Waals surface area contributed by atoms with E-state index in [4.69, 9.17) is 21.1 Å². The van der Waals surface area contributed by atoms with E-state index in [-0.39, 0.29) is 22.2 Å². The number of hydrogen-bond donors (Lipinski definition) is 1. The number of alkyl halides is 1. The van der Waals surface area contributed by atoms with E-state index >= 15 is 0 Å². The lowest BCUT2D eigenvalue weighted by atomic mass is 10.3. The standard InChI is InChI=1S/C12H16ClNO6S2/c1-19-8-3-4-11(20-2)12(5-8)22(17,18)14-10-7-21(15,16)6-9(10)13/h3-5,9-10,14H,6-7H2,1-2H3/t9-,10-/m1/s1. The Morgan fingerprint density at radius 1 is 1.23 bits per heavy atom. The van der Waals surface area contributed by atoms with Crippen LogP contribution < -0.4 is 14.2 Å². The number of sulfone groups is 1. The fraction of sp³-hybridized carbons (Fsp3) is 0.500. The molecule has 0 amide bonds. The second-order valence-electron chi connectivity index (χ2n) is 4.84. The van der Waals surface area contributed by atoms with Crippen LogP contribution >= 0.6 is 11.6 Å². The van der Waals surface area contributed by atoms with Crippen molar-refractivity contribution in [2.24, 2.45) is 0 Å². The first-order valence-electron chi connectivity index (χ1n) is 6.27. The third-order valence-corrected chi connectivity index (χ3v) is 7.14. The molecule has 0 saturated carbocycles. The number of sulfonamides is 1. The fourth-order valence-corrected chi connectivity index (χ4v) is 6.36. The first kappa shape index (κ1) is 17.3. The van der Waals surface area contributed by atoms with Crippen molar-refractivity contribution in [3.05, 3.63) is 18.2 Å². The van der Waals surface area contributed by atoms with Gasteiger partial charge in [0.1, 0.15) is 16.4 Å². The zero-order chi connectivity index (χ0) is 16.5. The second-order valence-corrected chi connectivity index (χ2v) is 9.23. The predicted molar refractivity (Wildman–Crippen MR) is 82.0 cm³/mol. The van der Waals surface area contributed by atoms with Crippen LogP contribution in [0.3, 0.4) is 0 Å². The summed E-state index contributed by atoms with van der Waals surface area (Å²) in [7, 11) is -4.60. The molecule has 10 heteroatoms. The SMILES string of the molecule is COc1ccc(OC)c(S(=O)(=O)N[C@@H]2CS(=O)(=O)C[C@H]2Cl)c1. The molecule has 2 atom stereocenters. The summed E-state index contributed by atoms with van der Waals surface area (Å²) in [5, 5.41) is -0.809. The molecule has 1 saturated heterocycles. The first-order chi connectivity index (χ1) is 10.2. The van der Waals surface area contributed by atoms with Gasteiger partial charge in [-0.05, 0) is 12.1 Å². The molecule has 1 aliphatic rings. The molecule has 0 unspecified atom stereocenters. The van der Waals surface area contributed by atoms with Gasteiger partial charge in [-0.2, -0.15) is 0 Å². The van der Waals surface area contributed by atoms with Gasteiger partial charge in [-0.15, -0.1) is 11.6 Å². The zero-order valence-electron chi connectivity index (χ0n) is 11.9. The Kier molecular flexibility index (Phi) is 4.90. The van der Waals surface area contributed by atoms with E-state index in [1.54, 1.807) is 6.07 Å². The first-order valence-corrected chi connectivity index (χ1v) is 10.0. The zero-order valence-corrected chi connectivity index (χ0v) is 14.3. The van der Waals surface area contributed by atoms with Crippen molar-refractivity contribution >= 4 is 31.5 Å². The molecule has 0 aliphatic carbocycles. The average molecular weight is 370 g/mol. The van der Waals surface area contributed by atoms with Gasteiger partial charge in [0.15, 0.2) is 9.84 Å². The summed E-state index contributed by atoms with van der Waals surface area (Å²) in [4.78, 5) is -0.137. The number of methoxy groups -OCH3 is 2. The molecule has 0 radical (unpaired) electrons. The van der Waals surface area contributed by atoms with Crippen LogP contribution in [0.4, 0.5) is 0 Å². The number of nitrogens with one attached hydrogen (secondary N) is 1. The molecular formula is C12H16ClNO6S2. The monoisotopic (exact) mass is 369 g/mol. The summed E-state index contributed by atoms with van der Waals surface area (Å²) in [5.41, 5.74) is 0. The van der Waals surface area contributed by atoms with Gasteiger partial charge in [-0.3, -0.25) is 0 Å². The highest BCUT2D eigenvalue weighted by atomic mass is 35.5. The molecule has 1 aromatic rings. The van der Waals surface area contributed by atoms with Crippen LogP contribution in [0.15, 0.2) is 23.1 Å². The van der Waals surface area contributed by atoms with Gasteiger partial charge in [0.05, 0.1) is 37.1 Å². The summed E-state index contributed by atoms with van der Waals surface area (Å²) in [6.07, 6.45) is 0. The molecule has 2 rings (SSSR count). The molecule has 124 valence electrons. The lowest BCUT2D eigenvalue weighted by molar-refractivity contribution is 0.391. The van der Waals surface area contributed by atoms with Crippen molar-refractivity contribution in [1.29, 1.82) is 0 Å². The van der Waals surface area contributed by atoms with E-state index in [0.717, 1.165) is 0 Å². The topological polar surface area (TPSA) is 98.8 Å². The quantitative estimate of drug-likeness (QED) is 0.754. The Labute approximate surface area is 134 Å². The molecule has 0 bridgehead atoms. The van der Waals surface area contributed by atoms with Crippen molar-refractivity contribution in [2.45, 2.75) is 16.3 Å². The normalized spacial score (nSPS) is 24.1. The summed E-state index contributed by atoms with van der Waals surface area (Å²) in [5.74, 6) is -0.119. The van der Waals surface area contributed by atoms with Gasteiger partial charge in [-0.1, -0.05) is 0 Å². The van der Waals surface area contributed by atoms with Gasteiger partial charge >= 0.3 is 0 Å². The van der Waals surface area contributed by atoms with Crippen LogP contribution in [0.5, 0.6) is 11.5 Å². The number of halogens is 1. The van der Waals surface area contributed by atoms with E-state index in [1.807, 2.05) is 0 Å². The molecule has 7 nitrogen and oxygen atoms in total. The molecule has 0 aromatic heterocycles. The molecule has 1 fully saturated rings. The van der Waals surface area contributed by atoms with Crippen molar-refractivity contribution in [3.63, 3.8) is 0 Å².